The third kappa shape index (κ3) is 4.28. The van der Waals surface area contributed by atoms with E-state index in [4.69, 9.17) is 0 Å². The van der Waals surface area contributed by atoms with Crippen LogP contribution in [0.15, 0.2) is 12.1 Å². The summed E-state index contributed by atoms with van der Waals surface area (Å²) in [5, 5.41) is 3.31. The predicted molar refractivity (Wildman–Crippen MR) is 66.8 cm³/mol. The van der Waals surface area contributed by atoms with Gasteiger partial charge in [0.15, 0.2) is 0 Å². The molecule has 0 fully saturated rings. The van der Waals surface area contributed by atoms with E-state index in [1.807, 2.05) is 17.8 Å². The number of methoxy groups -OCH3 is 1. The SMILES string of the molecule is COC(=O)c1ccc(CNCCCSC)[nH]1. The summed E-state index contributed by atoms with van der Waals surface area (Å²) in [5.41, 5.74) is 1.51. The summed E-state index contributed by atoms with van der Waals surface area (Å²) in [5.74, 6) is 0.846. The molecule has 0 unspecified atom stereocenters. The van der Waals surface area contributed by atoms with Crippen molar-refractivity contribution in [1.82, 2.24) is 10.3 Å². The first-order chi connectivity index (χ1) is 7.77. The summed E-state index contributed by atoms with van der Waals surface area (Å²) in [6.45, 7) is 1.75. The molecule has 1 heterocycles. The van der Waals surface area contributed by atoms with Crippen LogP contribution in [0, 0.1) is 0 Å². The van der Waals surface area contributed by atoms with Gasteiger partial charge in [-0.15, -0.1) is 0 Å². The summed E-state index contributed by atoms with van der Waals surface area (Å²) in [7, 11) is 1.38. The second-order valence-electron chi connectivity index (χ2n) is 3.41. The van der Waals surface area contributed by atoms with Crippen molar-refractivity contribution in [3.05, 3.63) is 23.5 Å². The number of aromatic nitrogens is 1. The van der Waals surface area contributed by atoms with Crippen molar-refractivity contribution in [2.45, 2.75) is 13.0 Å². The highest BCUT2D eigenvalue weighted by molar-refractivity contribution is 7.98. The van der Waals surface area contributed by atoms with Gasteiger partial charge in [0.05, 0.1) is 7.11 Å². The minimum atomic E-state index is -0.325. The minimum absolute atomic E-state index is 0.325. The van der Waals surface area contributed by atoms with Crippen LogP contribution in [0.5, 0.6) is 0 Å². The molecule has 0 aliphatic carbocycles. The standard InChI is InChI=1S/C11H18N2O2S/c1-15-11(14)10-5-4-9(13-10)8-12-6-3-7-16-2/h4-5,12-13H,3,6-8H2,1-2H3. The average Bonchev–Trinajstić information content (AvgIpc) is 2.76. The molecule has 1 rings (SSSR count). The van der Waals surface area contributed by atoms with E-state index in [9.17, 15) is 4.79 Å². The summed E-state index contributed by atoms with van der Waals surface area (Å²) < 4.78 is 4.61. The number of carbonyl (C=O) groups is 1. The minimum Gasteiger partial charge on any atom is -0.464 e. The Kier molecular flexibility index (Phi) is 6.03. The molecule has 5 heteroatoms. The molecule has 4 nitrogen and oxygen atoms in total. The lowest BCUT2D eigenvalue weighted by Gasteiger charge is -2.02. The molecule has 1 aromatic rings. The van der Waals surface area contributed by atoms with Crippen LogP contribution in [0.1, 0.15) is 22.6 Å². The van der Waals surface area contributed by atoms with E-state index in [1.165, 1.54) is 12.9 Å². The van der Waals surface area contributed by atoms with Crippen LogP contribution >= 0.6 is 11.8 Å². The van der Waals surface area contributed by atoms with E-state index in [-0.39, 0.29) is 5.97 Å². The Morgan fingerprint density at radius 1 is 1.56 bits per heavy atom. The number of rotatable bonds is 7. The summed E-state index contributed by atoms with van der Waals surface area (Å²) >= 11 is 1.85. The lowest BCUT2D eigenvalue weighted by atomic mass is 10.4. The lowest BCUT2D eigenvalue weighted by molar-refractivity contribution is 0.0594. The zero-order chi connectivity index (χ0) is 11.8. The number of hydrogen-bond acceptors (Lipinski definition) is 4. The zero-order valence-electron chi connectivity index (χ0n) is 9.71. The van der Waals surface area contributed by atoms with E-state index in [0.29, 0.717) is 5.69 Å². The molecule has 0 radical (unpaired) electrons. The molecule has 0 aromatic carbocycles. The number of thioether (sulfide) groups is 1. The fourth-order valence-electron chi connectivity index (χ4n) is 1.34. The van der Waals surface area contributed by atoms with Crippen LogP contribution in [-0.2, 0) is 11.3 Å². The highest BCUT2D eigenvalue weighted by atomic mass is 32.2. The second kappa shape index (κ2) is 7.35. The molecule has 0 aliphatic rings. The maximum Gasteiger partial charge on any atom is 0.354 e. The second-order valence-corrected chi connectivity index (χ2v) is 4.40. The Balaban J connectivity index is 2.27. The maximum absolute atomic E-state index is 11.2. The van der Waals surface area contributed by atoms with E-state index >= 15 is 0 Å². The van der Waals surface area contributed by atoms with Gasteiger partial charge in [0.1, 0.15) is 5.69 Å². The molecule has 0 atom stereocenters. The van der Waals surface area contributed by atoms with Gasteiger partial charge in [-0.05, 0) is 37.1 Å². The van der Waals surface area contributed by atoms with Crippen LogP contribution in [-0.4, -0.2) is 36.6 Å². The largest absolute Gasteiger partial charge is 0.464 e. The molecule has 0 aliphatic heterocycles. The topological polar surface area (TPSA) is 54.1 Å². The van der Waals surface area contributed by atoms with Gasteiger partial charge >= 0.3 is 5.97 Å². The molecule has 0 spiro atoms. The molecule has 90 valence electrons. The Bertz CT molecular complexity index is 326. The molecule has 2 N–H and O–H groups in total. The predicted octanol–water partition coefficient (Wildman–Crippen LogP) is 1.64. The highest BCUT2D eigenvalue weighted by Gasteiger charge is 2.06. The van der Waals surface area contributed by atoms with Crippen molar-refractivity contribution in [3.8, 4) is 0 Å². The fourth-order valence-corrected chi connectivity index (χ4v) is 1.77. The van der Waals surface area contributed by atoms with Crippen molar-refractivity contribution < 1.29 is 9.53 Å². The number of esters is 1. The molecule has 0 saturated carbocycles. The summed E-state index contributed by atoms with van der Waals surface area (Å²) in [4.78, 5) is 14.2. The first-order valence-electron chi connectivity index (χ1n) is 5.23. The number of H-pyrrole nitrogens is 1. The molecule has 0 amide bonds. The monoisotopic (exact) mass is 242 g/mol. The Morgan fingerprint density at radius 3 is 3.06 bits per heavy atom. The molecule has 1 aromatic heterocycles. The van der Waals surface area contributed by atoms with Crippen LogP contribution in [0.2, 0.25) is 0 Å². The van der Waals surface area contributed by atoms with E-state index in [1.54, 1.807) is 6.07 Å². The summed E-state index contributed by atoms with van der Waals surface area (Å²) in [6, 6.07) is 3.64. The van der Waals surface area contributed by atoms with Crippen LogP contribution < -0.4 is 5.32 Å². The van der Waals surface area contributed by atoms with Gasteiger partial charge in [-0.25, -0.2) is 4.79 Å². The Morgan fingerprint density at radius 2 is 2.38 bits per heavy atom. The van der Waals surface area contributed by atoms with Crippen LogP contribution in [0.3, 0.4) is 0 Å². The van der Waals surface area contributed by atoms with Crippen molar-refractivity contribution >= 4 is 17.7 Å². The Labute approximate surface area is 100 Å². The van der Waals surface area contributed by atoms with Gasteiger partial charge in [0, 0.05) is 12.2 Å². The van der Waals surface area contributed by atoms with Crippen LogP contribution in [0.25, 0.3) is 0 Å². The molecule has 0 saturated heterocycles. The molecular formula is C11H18N2O2S. The van der Waals surface area contributed by atoms with E-state index in [0.717, 1.165) is 25.2 Å². The quantitative estimate of drug-likeness (QED) is 0.564. The average molecular weight is 242 g/mol. The van der Waals surface area contributed by atoms with Gasteiger partial charge in [-0.2, -0.15) is 11.8 Å². The number of ether oxygens (including phenoxy) is 1. The van der Waals surface area contributed by atoms with Gasteiger partial charge < -0.3 is 15.0 Å². The smallest absolute Gasteiger partial charge is 0.354 e. The van der Waals surface area contributed by atoms with Gasteiger partial charge in [0.2, 0.25) is 0 Å². The van der Waals surface area contributed by atoms with E-state index in [2.05, 4.69) is 21.3 Å². The lowest BCUT2D eigenvalue weighted by Crippen LogP contribution is -2.15. The maximum atomic E-state index is 11.2. The molecule has 16 heavy (non-hydrogen) atoms. The van der Waals surface area contributed by atoms with Crippen molar-refractivity contribution in [1.29, 1.82) is 0 Å². The van der Waals surface area contributed by atoms with Crippen molar-refractivity contribution in [3.63, 3.8) is 0 Å². The summed E-state index contributed by atoms with van der Waals surface area (Å²) in [6.07, 6.45) is 3.26. The van der Waals surface area contributed by atoms with Crippen LogP contribution in [0.4, 0.5) is 0 Å². The normalized spacial score (nSPS) is 10.4. The zero-order valence-corrected chi connectivity index (χ0v) is 10.5. The molecular weight excluding hydrogens is 224 g/mol. The number of nitrogens with one attached hydrogen (secondary N) is 2. The first-order valence-corrected chi connectivity index (χ1v) is 6.63. The number of carbonyl (C=O) groups excluding carboxylic acids is 1. The highest BCUT2D eigenvalue weighted by Crippen LogP contribution is 2.03. The Hall–Kier alpha value is -0.940. The van der Waals surface area contributed by atoms with Crippen molar-refractivity contribution in [2.24, 2.45) is 0 Å². The number of hydrogen-bond donors (Lipinski definition) is 2. The fraction of sp³-hybridized carbons (Fsp3) is 0.545. The third-order valence-electron chi connectivity index (χ3n) is 2.17. The number of aromatic amines is 1. The first kappa shape index (κ1) is 13.1. The van der Waals surface area contributed by atoms with Gasteiger partial charge in [-0.3, -0.25) is 0 Å². The third-order valence-corrected chi connectivity index (χ3v) is 2.87. The molecule has 0 bridgehead atoms. The van der Waals surface area contributed by atoms with Gasteiger partial charge in [-0.1, -0.05) is 0 Å². The van der Waals surface area contributed by atoms with Crippen molar-refractivity contribution in [2.75, 3.05) is 25.7 Å². The van der Waals surface area contributed by atoms with E-state index < -0.39 is 0 Å². The van der Waals surface area contributed by atoms with Gasteiger partial charge in [0.25, 0.3) is 0 Å².